The number of hydrogen-bond acceptors (Lipinski definition) is 6. The van der Waals surface area contributed by atoms with Crippen molar-refractivity contribution in [1.29, 1.82) is 0 Å². The summed E-state index contributed by atoms with van der Waals surface area (Å²) in [6.07, 6.45) is 0.200. The van der Waals surface area contributed by atoms with Gasteiger partial charge in [-0.1, -0.05) is 56.3 Å². The number of methoxy groups -OCH3 is 1. The van der Waals surface area contributed by atoms with Gasteiger partial charge in [-0.05, 0) is 50.2 Å². The third kappa shape index (κ3) is 7.40. The lowest BCUT2D eigenvalue weighted by molar-refractivity contribution is -0.175. The average Bonchev–Trinajstić information content (AvgIpc) is 2.79. The second kappa shape index (κ2) is 12.1. The summed E-state index contributed by atoms with van der Waals surface area (Å²) in [5, 5.41) is 0. The molecule has 6 heteroatoms. The molecule has 0 heterocycles. The van der Waals surface area contributed by atoms with Crippen LogP contribution >= 0.6 is 0 Å². The second-order valence-electron chi connectivity index (χ2n) is 7.87. The lowest BCUT2D eigenvalue weighted by atomic mass is 10.0. The van der Waals surface area contributed by atoms with Crippen molar-refractivity contribution in [1.82, 2.24) is 4.90 Å². The van der Waals surface area contributed by atoms with E-state index in [0.717, 1.165) is 16.9 Å². The first kappa shape index (κ1) is 24.4. The van der Waals surface area contributed by atoms with Gasteiger partial charge in [0.25, 0.3) is 0 Å². The maximum Gasteiger partial charge on any atom is 0.348 e. The highest BCUT2D eigenvalue weighted by Crippen LogP contribution is 2.19. The Bertz CT molecular complexity index is 820. The van der Waals surface area contributed by atoms with E-state index in [0.29, 0.717) is 12.8 Å². The fourth-order valence-corrected chi connectivity index (χ4v) is 3.09. The molecule has 2 aromatic carbocycles. The standard InChI is InChI=1S/C25H33NO5/c1-6-18(2)23(25(28)30-17-20-10-8-7-9-11-20)31-24(27)22(26(3)4)16-19-12-14-21(29-5)15-13-19/h7-15,18,22-23H,6,16-17H2,1-5H3/t18-,22-,23+/m0/s1. The van der Waals surface area contributed by atoms with Crippen molar-refractivity contribution in [3.63, 3.8) is 0 Å². The molecule has 0 bridgehead atoms. The van der Waals surface area contributed by atoms with E-state index in [4.69, 9.17) is 14.2 Å². The zero-order valence-corrected chi connectivity index (χ0v) is 19.0. The number of nitrogens with zero attached hydrogens (tertiary/aromatic N) is 1. The number of carbonyl (C=O) groups is 2. The minimum atomic E-state index is -0.945. The Kier molecular flexibility index (Phi) is 9.53. The van der Waals surface area contributed by atoms with Gasteiger partial charge in [0.1, 0.15) is 18.4 Å². The highest BCUT2D eigenvalue weighted by atomic mass is 16.6. The van der Waals surface area contributed by atoms with Gasteiger partial charge in [0, 0.05) is 5.92 Å². The molecule has 0 saturated heterocycles. The monoisotopic (exact) mass is 427 g/mol. The molecular formula is C25H33NO5. The van der Waals surface area contributed by atoms with E-state index < -0.39 is 24.1 Å². The predicted octanol–water partition coefficient (Wildman–Crippen LogP) is 3.87. The van der Waals surface area contributed by atoms with E-state index in [-0.39, 0.29) is 12.5 Å². The van der Waals surface area contributed by atoms with Crippen molar-refractivity contribution in [3.8, 4) is 5.75 Å². The molecular weight excluding hydrogens is 394 g/mol. The fourth-order valence-electron chi connectivity index (χ4n) is 3.09. The van der Waals surface area contributed by atoms with Crippen molar-refractivity contribution in [3.05, 3.63) is 65.7 Å². The van der Waals surface area contributed by atoms with Crippen molar-refractivity contribution in [2.75, 3.05) is 21.2 Å². The predicted molar refractivity (Wildman–Crippen MR) is 120 cm³/mol. The number of benzene rings is 2. The first-order valence-corrected chi connectivity index (χ1v) is 10.6. The average molecular weight is 428 g/mol. The van der Waals surface area contributed by atoms with E-state index in [2.05, 4.69) is 0 Å². The number of carbonyl (C=O) groups excluding carboxylic acids is 2. The minimum absolute atomic E-state index is 0.146. The van der Waals surface area contributed by atoms with Crippen LogP contribution in [0.4, 0.5) is 0 Å². The molecule has 168 valence electrons. The molecule has 0 aliphatic carbocycles. The molecule has 0 aliphatic rings. The Morgan fingerprint density at radius 1 is 0.935 bits per heavy atom. The normalized spacial score (nSPS) is 13.9. The van der Waals surface area contributed by atoms with Gasteiger partial charge < -0.3 is 14.2 Å². The summed E-state index contributed by atoms with van der Waals surface area (Å²) in [4.78, 5) is 27.6. The van der Waals surface area contributed by atoms with Crippen LogP contribution in [-0.4, -0.2) is 50.2 Å². The molecule has 3 atom stereocenters. The summed E-state index contributed by atoms with van der Waals surface area (Å²) in [7, 11) is 5.25. The lowest BCUT2D eigenvalue weighted by Gasteiger charge is -2.27. The summed E-state index contributed by atoms with van der Waals surface area (Å²) in [5.41, 5.74) is 1.86. The zero-order valence-electron chi connectivity index (χ0n) is 19.0. The SMILES string of the molecule is CC[C@H](C)[C@@H](OC(=O)[C@H](Cc1ccc(OC)cc1)N(C)C)C(=O)OCc1ccccc1. The Morgan fingerprint density at radius 2 is 1.58 bits per heavy atom. The Morgan fingerprint density at radius 3 is 2.13 bits per heavy atom. The Labute approximate surface area is 185 Å². The van der Waals surface area contributed by atoms with Crippen LogP contribution in [0.1, 0.15) is 31.4 Å². The number of ether oxygens (including phenoxy) is 3. The second-order valence-corrected chi connectivity index (χ2v) is 7.87. The van der Waals surface area contributed by atoms with Crippen LogP contribution in [0.25, 0.3) is 0 Å². The molecule has 0 unspecified atom stereocenters. The van der Waals surface area contributed by atoms with Crippen molar-refractivity contribution in [2.45, 2.75) is 45.4 Å². The zero-order chi connectivity index (χ0) is 22.8. The first-order chi connectivity index (χ1) is 14.8. The van der Waals surface area contributed by atoms with Crippen LogP contribution in [0.3, 0.4) is 0 Å². The van der Waals surface area contributed by atoms with Crippen molar-refractivity contribution >= 4 is 11.9 Å². The van der Waals surface area contributed by atoms with Gasteiger partial charge in [0.15, 0.2) is 0 Å². The van der Waals surface area contributed by atoms with Gasteiger partial charge in [0.2, 0.25) is 6.10 Å². The molecule has 31 heavy (non-hydrogen) atoms. The van der Waals surface area contributed by atoms with Gasteiger partial charge >= 0.3 is 11.9 Å². The minimum Gasteiger partial charge on any atom is -0.497 e. The molecule has 0 amide bonds. The highest BCUT2D eigenvalue weighted by molar-refractivity contribution is 5.82. The van der Waals surface area contributed by atoms with E-state index in [1.54, 1.807) is 12.0 Å². The Balaban J connectivity index is 2.07. The maximum absolute atomic E-state index is 13.0. The number of likely N-dealkylation sites (N-methyl/N-ethyl adjacent to an activating group) is 1. The number of hydrogen-bond donors (Lipinski definition) is 0. The van der Waals surface area contributed by atoms with E-state index in [1.807, 2.05) is 82.5 Å². The molecule has 0 radical (unpaired) electrons. The van der Waals surface area contributed by atoms with Crippen LogP contribution in [0.5, 0.6) is 5.75 Å². The van der Waals surface area contributed by atoms with Gasteiger partial charge in [-0.3, -0.25) is 9.69 Å². The van der Waals surface area contributed by atoms with Crippen LogP contribution in [-0.2, 0) is 32.1 Å². The van der Waals surface area contributed by atoms with Gasteiger partial charge in [0.05, 0.1) is 7.11 Å². The van der Waals surface area contributed by atoms with Crippen LogP contribution in [0.15, 0.2) is 54.6 Å². The van der Waals surface area contributed by atoms with Crippen molar-refractivity contribution in [2.24, 2.45) is 5.92 Å². The van der Waals surface area contributed by atoms with Crippen LogP contribution in [0.2, 0.25) is 0 Å². The summed E-state index contributed by atoms with van der Waals surface area (Å²) >= 11 is 0. The van der Waals surface area contributed by atoms with Crippen LogP contribution in [0, 0.1) is 5.92 Å². The molecule has 0 aromatic heterocycles. The van der Waals surface area contributed by atoms with Crippen LogP contribution < -0.4 is 4.74 Å². The Hall–Kier alpha value is -2.86. The van der Waals surface area contributed by atoms with E-state index in [1.165, 1.54) is 0 Å². The third-order valence-corrected chi connectivity index (χ3v) is 5.34. The fraction of sp³-hybridized carbons (Fsp3) is 0.440. The maximum atomic E-state index is 13.0. The lowest BCUT2D eigenvalue weighted by Crippen LogP contribution is -2.44. The van der Waals surface area contributed by atoms with Crippen molar-refractivity contribution < 1.29 is 23.8 Å². The van der Waals surface area contributed by atoms with Gasteiger partial charge in [-0.15, -0.1) is 0 Å². The summed E-state index contributed by atoms with van der Waals surface area (Å²) in [6.45, 7) is 3.99. The van der Waals surface area contributed by atoms with E-state index in [9.17, 15) is 9.59 Å². The number of esters is 2. The molecule has 0 fully saturated rings. The molecule has 2 aromatic rings. The summed E-state index contributed by atoms with van der Waals surface area (Å²) < 4.78 is 16.4. The molecule has 6 nitrogen and oxygen atoms in total. The molecule has 2 rings (SSSR count). The summed E-state index contributed by atoms with van der Waals surface area (Å²) in [5.74, 6) is -0.363. The quantitative estimate of drug-likeness (QED) is 0.507. The molecule has 0 saturated carbocycles. The topological polar surface area (TPSA) is 65.1 Å². The van der Waals surface area contributed by atoms with Gasteiger partial charge in [-0.2, -0.15) is 0 Å². The summed E-state index contributed by atoms with van der Waals surface area (Å²) in [6, 6.07) is 16.5. The van der Waals surface area contributed by atoms with E-state index >= 15 is 0 Å². The molecule has 0 N–H and O–H groups in total. The third-order valence-electron chi connectivity index (χ3n) is 5.34. The highest BCUT2D eigenvalue weighted by Gasteiger charge is 2.33. The van der Waals surface area contributed by atoms with Gasteiger partial charge in [-0.25, -0.2) is 4.79 Å². The largest absolute Gasteiger partial charge is 0.497 e. The molecule has 0 aliphatic heterocycles. The molecule has 0 spiro atoms. The first-order valence-electron chi connectivity index (χ1n) is 10.6. The smallest absolute Gasteiger partial charge is 0.348 e. The number of rotatable bonds is 11.